The summed E-state index contributed by atoms with van der Waals surface area (Å²) in [5.74, 6) is 0.268. The number of ketones is 1. The van der Waals surface area contributed by atoms with Crippen LogP contribution in [-0.4, -0.2) is 5.78 Å². The SMILES string of the molecule is CC(C)(C)/C=C1/CC/C(=C/C(C)(C)C)C1=O. The van der Waals surface area contributed by atoms with Crippen molar-refractivity contribution in [2.24, 2.45) is 10.8 Å². The van der Waals surface area contributed by atoms with Gasteiger partial charge in [0.15, 0.2) is 5.78 Å². The van der Waals surface area contributed by atoms with Crippen LogP contribution in [0.2, 0.25) is 0 Å². The zero-order valence-corrected chi connectivity index (χ0v) is 11.5. The molecule has 0 atom stereocenters. The van der Waals surface area contributed by atoms with Gasteiger partial charge in [-0.2, -0.15) is 0 Å². The Kier molecular flexibility index (Phi) is 3.47. The average molecular weight is 220 g/mol. The van der Waals surface area contributed by atoms with E-state index in [1.165, 1.54) is 0 Å². The molecule has 90 valence electrons. The minimum Gasteiger partial charge on any atom is -0.289 e. The summed E-state index contributed by atoms with van der Waals surface area (Å²) in [6, 6.07) is 0. The smallest absolute Gasteiger partial charge is 0.184 e. The molecule has 0 aromatic carbocycles. The number of Topliss-reactive ketones (excluding diaryl/α,β-unsaturated/α-hetero) is 1. The van der Waals surface area contributed by atoms with Gasteiger partial charge in [0, 0.05) is 0 Å². The summed E-state index contributed by atoms with van der Waals surface area (Å²) in [6.07, 6.45) is 6.08. The van der Waals surface area contributed by atoms with Crippen molar-refractivity contribution in [2.45, 2.75) is 54.4 Å². The van der Waals surface area contributed by atoms with Crippen molar-refractivity contribution in [3.05, 3.63) is 23.3 Å². The van der Waals surface area contributed by atoms with Gasteiger partial charge in [0.25, 0.3) is 0 Å². The topological polar surface area (TPSA) is 17.1 Å². The second kappa shape index (κ2) is 4.20. The summed E-state index contributed by atoms with van der Waals surface area (Å²) < 4.78 is 0. The minimum absolute atomic E-state index is 0.0994. The molecule has 1 aliphatic carbocycles. The van der Waals surface area contributed by atoms with Gasteiger partial charge in [0.1, 0.15) is 0 Å². The molecule has 0 saturated heterocycles. The summed E-state index contributed by atoms with van der Waals surface area (Å²) in [4.78, 5) is 12.1. The molecule has 1 rings (SSSR count). The van der Waals surface area contributed by atoms with Crippen LogP contribution >= 0.6 is 0 Å². The highest BCUT2D eigenvalue weighted by Gasteiger charge is 2.26. The highest BCUT2D eigenvalue weighted by Crippen LogP contribution is 2.32. The zero-order chi connectivity index (χ0) is 12.6. The van der Waals surface area contributed by atoms with Crippen LogP contribution in [0.15, 0.2) is 23.3 Å². The van der Waals surface area contributed by atoms with Crippen LogP contribution in [0, 0.1) is 10.8 Å². The van der Waals surface area contributed by atoms with Gasteiger partial charge in [-0.1, -0.05) is 53.7 Å². The maximum Gasteiger partial charge on any atom is 0.184 e. The Morgan fingerprint density at radius 3 is 1.38 bits per heavy atom. The number of allylic oxidation sites excluding steroid dienone is 4. The molecule has 0 aromatic heterocycles. The summed E-state index contributed by atoms with van der Waals surface area (Å²) in [6.45, 7) is 12.8. The molecule has 1 heteroatoms. The van der Waals surface area contributed by atoms with E-state index < -0.39 is 0 Å². The van der Waals surface area contributed by atoms with E-state index in [0.717, 1.165) is 24.0 Å². The van der Waals surface area contributed by atoms with Gasteiger partial charge >= 0.3 is 0 Å². The van der Waals surface area contributed by atoms with Gasteiger partial charge < -0.3 is 0 Å². The van der Waals surface area contributed by atoms with Gasteiger partial charge in [-0.25, -0.2) is 0 Å². The predicted octanol–water partition coefficient (Wildman–Crippen LogP) is 4.29. The summed E-state index contributed by atoms with van der Waals surface area (Å²) in [7, 11) is 0. The predicted molar refractivity (Wildman–Crippen MR) is 69.3 cm³/mol. The average Bonchev–Trinajstić information content (AvgIpc) is 2.30. The van der Waals surface area contributed by atoms with E-state index in [-0.39, 0.29) is 16.6 Å². The van der Waals surface area contributed by atoms with Gasteiger partial charge in [-0.05, 0) is 34.8 Å². The summed E-state index contributed by atoms with van der Waals surface area (Å²) in [5, 5.41) is 0. The van der Waals surface area contributed by atoms with E-state index >= 15 is 0 Å². The lowest BCUT2D eigenvalue weighted by atomic mass is 9.91. The first-order valence-corrected chi connectivity index (χ1v) is 6.07. The molecular weight excluding hydrogens is 196 g/mol. The maximum atomic E-state index is 12.1. The first kappa shape index (κ1) is 13.2. The van der Waals surface area contributed by atoms with E-state index in [9.17, 15) is 4.79 Å². The minimum atomic E-state index is 0.0994. The molecule has 1 saturated carbocycles. The molecule has 0 amide bonds. The van der Waals surface area contributed by atoms with E-state index in [4.69, 9.17) is 0 Å². The third kappa shape index (κ3) is 3.96. The Bertz CT molecular complexity index is 309. The number of carbonyl (C=O) groups excluding carboxylic acids is 1. The largest absolute Gasteiger partial charge is 0.289 e. The normalized spacial score (nSPS) is 23.5. The Labute approximate surface area is 99.6 Å². The lowest BCUT2D eigenvalue weighted by molar-refractivity contribution is -0.111. The number of rotatable bonds is 0. The molecule has 0 aliphatic heterocycles. The molecule has 0 aromatic rings. The Balaban J connectivity index is 2.92. The van der Waals surface area contributed by atoms with Crippen molar-refractivity contribution in [1.82, 2.24) is 0 Å². The Hall–Kier alpha value is -0.850. The molecule has 0 spiro atoms. The van der Waals surface area contributed by atoms with Crippen molar-refractivity contribution >= 4 is 5.78 Å². The second-order valence-corrected chi connectivity index (χ2v) is 6.90. The van der Waals surface area contributed by atoms with Gasteiger partial charge in [0.2, 0.25) is 0 Å². The van der Waals surface area contributed by atoms with Crippen molar-refractivity contribution in [3.8, 4) is 0 Å². The first-order chi connectivity index (χ1) is 7.08. The van der Waals surface area contributed by atoms with Crippen LogP contribution in [-0.2, 0) is 4.79 Å². The third-order valence-electron chi connectivity index (χ3n) is 2.46. The van der Waals surface area contributed by atoms with Crippen molar-refractivity contribution in [3.63, 3.8) is 0 Å². The van der Waals surface area contributed by atoms with Crippen LogP contribution in [0.4, 0.5) is 0 Å². The monoisotopic (exact) mass is 220 g/mol. The number of hydrogen-bond acceptors (Lipinski definition) is 1. The van der Waals surface area contributed by atoms with E-state index in [1.54, 1.807) is 0 Å². The third-order valence-corrected chi connectivity index (χ3v) is 2.46. The van der Waals surface area contributed by atoms with Crippen LogP contribution in [0.25, 0.3) is 0 Å². The molecule has 0 heterocycles. The van der Waals surface area contributed by atoms with E-state index in [1.807, 2.05) is 0 Å². The summed E-state index contributed by atoms with van der Waals surface area (Å²) >= 11 is 0. The molecule has 0 N–H and O–H groups in total. The standard InChI is InChI=1S/C15H24O/c1-14(2,3)9-11-7-8-12(13(11)16)10-15(4,5)6/h9-10H,7-8H2,1-6H3/b11-9-,12-10-. The molecule has 1 fully saturated rings. The van der Waals surface area contributed by atoms with Gasteiger partial charge in [-0.15, -0.1) is 0 Å². The zero-order valence-electron chi connectivity index (χ0n) is 11.5. The molecule has 16 heavy (non-hydrogen) atoms. The molecule has 0 radical (unpaired) electrons. The number of hydrogen-bond donors (Lipinski definition) is 0. The van der Waals surface area contributed by atoms with E-state index in [0.29, 0.717) is 0 Å². The molecule has 0 unspecified atom stereocenters. The lowest BCUT2D eigenvalue weighted by Gasteiger charge is -2.14. The fourth-order valence-electron chi connectivity index (χ4n) is 2.02. The fraction of sp³-hybridized carbons (Fsp3) is 0.667. The molecule has 1 nitrogen and oxygen atoms in total. The first-order valence-electron chi connectivity index (χ1n) is 6.07. The van der Waals surface area contributed by atoms with Crippen molar-refractivity contribution < 1.29 is 4.79 Å². The van der Waals surface area contributed by atoms with Crippen molar-refractivity contribution in [1.29, 1.82) is 0 Å². The van der Waals surface area contributed by atoms with Gasteiger partial charge in [-0.3, -0.25) is 4.79 Å². The highest BCUT2D eigenvalue weighted by molar-refractivity contribution is 6.10. The van der Waals surface area contributed by atoms with E-state index in [2.05, 4.69) is 53.7 Å². The maximum absolute atomic E-state index is 12.1. The van der Waals surface area contributed by atoms with Gasteiger partial charge in [0.05, 0.1) is 0 Å². The van der Waals surface area contributed by atoms with Crippen molar-refractivity contribution in [2.75, 3.05) is 0 Å². The lowest BCUT2D eigenvalue weighted by Crippen LogP contribution is -2.07. The highest BCUT2D eigenvalue weighted by atomic mass is 16.1. The molecular formula is C15H24O. The quantitative estimate of drug-likeness (QED) is 0.556. The summed E-state index contributed by atoms with van der Waals surface area (Å²) in [5.41, 5.74) is 2.20. The van der Waals surface area contributed by atoms with Crippen LogP contribution in [0.5, 0.6) is 0 Å². The molecule has 0 bridgehead atoms. The van der Waals surface area contributed by atoms with Crippen LogP contribution in [0.3, 0.4) is 0 Å². The fourth-order valence-corrected chi connectivity index (χ4v) is 2.02. The second-order valence-electron chi connectivity index (χ2n) is 6.90. The Morgan fingerprint density at radius 2 is 1.12 bits per heavy atom. The van der Waals surface area contributed by atoms with Crippen LogP contribution in [0.1, 0.15) is 54.4 Å². The Morgan fingerprint density at radius 1 is 0.812 bits per heavy atom. The van der Waals surface area contributed by atoms with Crippen LogP contribution < -0.4 is 0 Å². The number of carbonyl (C=O) groups is 1. The molecule has 1 aliphatic rings.